The van der Waals surface area contributed by atoms with Crippen LogP contribution in [0.5, 0.6) is 0 Å². The minimum Gasteiger partial charge on any atom is -0.349 e. The summed E-state index contributed by atoms with van der Waals surface area (Å²) in [5, 5.41) is 21.6. The number of likely N-dealkylation sites (tertiary alicyclic amines) is 1. The molecule has 10 nitrogen and oxygen atoms in total. The number of nitrogens with zero attached hydrogens (tertiary/aromatic N) is 7. The van der Waals surface area contributed by atoms with E-state index in [1.165, 1.54) is 11.3 Å². The highest BCUT2D eigenvalue weighted by atomic mass is 32.1. The SMILES string of the molecule is Cc1nc(C)n(CCNC(=O)c2csc(Nc3cccc(C4CCN(CC#N)CC4)n3)n2)n1. The Labute approximate surface area is 196 Å². The molecule has 0 unspecified atom stereocenters. The summed E-state index contributed by atoms with van der Waals surface area (Å²) in [6.45, 7) is 7.05. The first-order chi connectivity index (χ1) is 16.0. The van der Waals surface area contributed by atoms with Gasteiger partial charge in [-0.05, 0) is 51.9 Å². The first-order valence-electron chi connectivity index (χ1n) is 11.0. The van der Waals surface area contributed by atoms with Gasteiger partial charge in [0, 0.05) is 23.5 Å². The summed E-state index contributed by atoms with van der Waals surface area (Å²) in [7, 11) is 0. The van der Waals surface area contributed by atoms with E-state index in [0.29, 0.717) is 42.2 Å². The second kappa shape index (κ2) is 10.5. The van der Waals surface area contributed by atoms with Crippen LogP contribution < -0.4 is 10.6 Å². The van der Waals surface area contributed by atoms with Crippen LogP contribution in [-0.2, 0) is 6.54 Å². The van der Waals surface area contributed by atoms with Gasteiger partial charge in [-0.2, -0.15) is 10.4 Å². The van der Waals surface area contributed by atoms with Gasteiger partial charge in [-0.25, -0.2) is 19.6 Å². The number of anilines is 2. The summed E-state index contributed by atoms with van der Waals surface area (Å²) in [5.74, 6) is 2.42. The van der Waals surface area contributed by atoms with E-state index in [1.54, 1.807) is 10.1 Å². The Morgan fingerprint density at radius 1 is 1.24 bits per heavy atom. The van der Waals surface area contributed by atoms with Crippen molar-refractivity contribution < 1.29 is 4.79 Å². The van der Waals surface area contributed by atoms with Gasteiger partial charge in [-0.15, -0.1) is 11.3 Å². The molecule has 0 radical (unpaired) electrons. The summed E-state index contributed by atoms with van der Waals surface area (Å²) < 4.78 is 1.77. The summed E-state index contributed by atoms with van der Waals surface area (Å²) in [6.07, 6.45) is 1.99. The first-order valence-corrected chi connectivity index (χ1v) is 11.8. The standard InChI is InChI=1S/C22H27N9OS/c1-15-25-16(2)31(29-15)13-9-24-21(32)19-14-33-22(27-19)28-20-5-3-4-18(26-20)17-6-10-30(11-7-17)12-8-23/h3-5,14,17H,6-7,9-13H2,1-2H3,(H,24,32)(H,26,27,28). The van der Waals surface area contributed by atoms with Gasteiger partial charge < -0.3 is 10.6 Å². The first kappa shape index (κ1) is 22.8. The third-order valence-corrected chi connectivity index (χ3v) is 6.37. The van der Waals surface area contributed by atoms with Crippen molar-refractivity contribution in [3.05, 3.63) is 46.6 Å². The molecule has 4 heterocycles. The van der Waals surface area contributed by atoms with Gasteiger partial charge in [0.15, 0.2) is 5.13 Å². The van der Waals surface area contributed by atoms with Crippen molar-refractivity contribution in [2.45, 2.75) is 39.2 Å². The number of nitrogens with one attached hydrogen (secondary N) is 2. The molecule has 11 heteroatoms. The molecule has 0 atom stereocenters. The molecule has 1 amide bonds. The molecule has 1 aliphatic rings. The number of hydrogen-bond donors (Lipinski definition) is 2. The molecule has 0 saturated carbocycles. The predicted octanol–water partition coefficient (Wildman–Crippen LogP) is 2.62. The van der Waals surface area contributed by atoms with Crippen molar-refractivity contribution in [2.24, 2.45) is 0 Å². The average Bonchev–Trinajstić information content (AvgIpc) is 3.40. The minimum absolute atomic E-state index is 0.223. The van der Waals surface area contributed by atoms with Crippen LogP contribution in [0, 0.1) is 25.2 Å². The number of carbonyl (C=O) groups is 1. The normalized spacial score (nSPS) is 14.7. The number of aromatic nitrogens is 5. The lowest BCUT2D eigenvalue weighted by molar-refractivity contribution is 0.0947. The van der Waals surface area contributed by atoms with E-state index >= 15 is 0 Å². The van der Waals surface area contributed by atoms with Crippen LogP contribution in [0.1, 0.15) is 46.6 Å². The van der Waals surface area contributed by atoms with E-state index in [0.717, 1.165) is 43.3 Å². The molecule has 1 fully saturated rings. The van der Waals surface area contributed by atoms with Gasteiger partial charge in [0.1, 0.15) is 23.2 Å². The summed E-state index contributed by atoms with van der Waals surface area (Å²) >= 11 is 1.37. The molecule has 172 valence electrons. The molecule has 0 aromatic carbocycles. The van der Waals surface area contributed by atoms with Gasteiger partial charge in [0.25, 0.3) is 5.91 Å². The largest absolute Gasteiger partial charge is 0.349 e. The zero-order valence-electron chi connectivity index (χ0n) is 18.8. The number of aryl methyl sites for hydroxylation is 2. The molecular weight excluding hydrogens is 438 g/mol. The van der Waals surface area contributed by atoms with E-state index in [1.807, 2.05) is 26.0 Å². The number of nitriles is 1. The van der Waals surface area contributed by atoms with E-state index in [4.69, 9.17) is 10.2 Å². The van der Waals surface area contributed by atoms with Crippen molar-refractivity contribution in [3.8, 4) is 6.07 Å². The monoisotopic (exact) mass is 465 g/mol. The molecule has 2 N–H and O–H groups in total. The number of thiazole rings is 1. The molecule has 3 aromatic rings. The Balaban J connectivity index is 1.30. The highest BCUT2D eigenvalue weighted by molar-refractivity contribution is 7.14. The fourth-order valence-electron chi connectivity index (χ4n) is 3.92. The number of piperidine rings is 1. The minimum atomic E-state index is -0.223. The molecule has 33 heavy (non-hydrogen) atoms. The molecule has 0 aliphatic carbocycles. The average molecular weight is 466 g/mol. The lowest BCUT2D eigenvalue weighted by Crippen LogP contribution is -2.33. The van der Waals surface area contributed by atoms with Crippen molar-refractivity contribution in [1.82, 2.24) is 34.9 Å². The Morgan fingerprint density at radius 3 is 2.79 bits per heavy atom. The van der Waals surface area contributed by atoms with E-state index in [2.05, 4.69) is 42.7 Å². The van der Waals surface area contributed by atoms with Crippen molar-refractivity contribution >= 4 is 28.2 Å². The second-order valence-electron chi connectivity index (χ2n) is 8.00. The lowest BCUT2D eigenvalue weighted by atomic mass is 9.93. The van der Waals surface area contributed by atoms with Crippen LogP contribution >= 0.6 is 11.3 Å². The van der Waals surface area contributed by atoms with Crippen LogP contribution in [-0.4, -0.2) is 61.7 Å². The highest BCUT2D eigenvalue weighted by Crippen LogP contribution is 2.28. The maximum atomic E-state index is 12.4. The zero-order chi connectivity index (χ0) is 23.2. The topological polar surface area (TPSA) is 125 Å². The number of carbonyl (C=O) groups excluding carboxylic acids is 1. The summed E-state index contributed by atoms with van der Waals surface area (Å²) in [6, 6.07) is 8.16. The van der Waals surface area contributed by atoms with Gasteiger partial charge in [0.2, 0.25) is 0 Å². The van der Waals surface area contributed by atoms with Crippen molar-refractivity contribution in [3.63, 3.8) is 0 Å². The molecule has 0 spiro atoms. The molecule has 3 aromatic heterocycles. The van der Waals surface area contributed by atoms with E-state index < -0.39 is 0 Å². The molecule has 1 saturated heterocycles. The number of pyridine rings is 1. The van der Waals surface area contributed by atoms with E-state index in [-0.39, 0.29) is 5.91 Å². The summed E-state index contributed by atoms with van der Waals surface area (Å²) in [4.78, 5) is 28.1. The third-order valence-electron chi connectivity index (χ3n) is 5.61. The molecule has 4 rings (SSSR count). The van der Waals surface area contributed by atoms with Gasteiger partial charge in [0.05, 0.1) is 19.2 Å². The van der Waals surface area contributed by atoms with Crippen molar-refractivity contribution in [1.29, 1.82) is 5.26 Å². The van der Waals surface area contributed by atoms with Crippen LogP contribution in [0.4, 0.5) is 10.9 Å². The maximum Gasteiger partial charge on any atom is 0.270 e. The van der Waals surface area contributed by atoms with Crippen LogP contribution in [0.15, 0.2) is 23.6 Å². The maximum absolute atomic E-state index is 12.4. The Kier molecular flexibility index (Phi) is 7.26. The fraction of sp³-hybridized carbons (Fsp3) is 0.455. The fourth-order valence-corrected chi connectivity index (χ4v) is 4.62. The van der Waals surface area contributed by atoms with Gasteiger partial charge in [-0.1, -0.05) is 6.07 Å². The van der Waals surface area contributed by atoms with Crippen LogP contribution in [0.2, 0.25) is 0 Å². The molecular formula is C22H27N9OS. The predicted molar refractivity (Wildman–Crippen MR) is 125 cm³/mol. The number of amides is 1. The van der Waals surface area contributed by atoms with E-state index in [9.17, 15) is 4.79 Å². The second-order valence-corrected chi connectivity index (χ2v) is 8.86. The van der Waals surface area contributed by atoms with Crippen molar-refractivity contribution in [2.75, 3.05) is 31.5 Å². The smallest absolute Gasteiger partial charge is 0.270 e. The number of rotatable bonds is 8. The highest BCUT2D eigenvalue weighted by Gasteiger charge is 2.21. The Hall–Kier alpha value is -3.36. The Morgan fingerprint density at radius 2 is 2.06 bits per heavy atom. The van der Waals surface area contributed by atoms with Gasteiger partial charge in [-0.3, -0.25) is 9.69 Å². The molecule has 1 aliphatic heterocycles. The summed E-state index contributed by atoms with van der Waals surface area (Å²) in [5.41, 5.74) is 1.42. The number of hydrogen-bond acceptors (Lipinski definition) is 9. The van der Waals surface area contributed by atoms with Gasteiger partial charge >= 0.3 is 0 Å². The van der Waals surface area contributed by atoms with Crippen LogP contribution in [0.3, 0.4) is 0 Å². The quantitative estimate of drug-likeness (QED) is 0.487. The Bertz CT molecular complexity index is 1140. The molecule has 0 bridgehead atoms. The zero-order valence-corrected chi connectivity index (χ0v) is 19.6. The third kappa shape index (κ3) is 5.91. The lowest BCUT2D eigenvalue weighted by Gasteiger charge is -2.29. The van der Waals surface area contributed by atoms with Crippen LogP contribution in [0.25, 0.3) is 0 Å².